The second kappa shape index (κ2) is 5.69. The maximum absolute atomic E-state index is 8.92. The van der Waals surface area contributed by atoms with Gasteiger partial charge in [0.2, 0.25) is 0 Å². The van der Waals surface area contributed by atoms with Crippen molar-refractivity contribution in [1.82, 2.24) is 0 Å². The van der Waals surface area contributed by atoms with E-state index in [0.29, 0.717) is 0 Å². The average Bonchev–Trinajstić information content (AvgIpc) is 2.95. The molecule has 0 heterocycles. The minimum atomic E-state index is -0.406. The zero-order valence-corrected chi connectivity index (χ0v) is 9.17. The van der Waals surface area contributed by atoms with Gasteiger partial charge in [0.1, 0.15) is 0 Å². The summed E-state index contributed by atoms with van der Waals surface area (Å²) < 4.78 is 5.50. The number of hydrogen-bond acceptors (Lipinski definition) is 3. The lowest BCUT2D eigenvalue weighted by molar-refractivity contribution is 0.117. The molecule has 14 heavy (non-hydrogen) atoms. The van der Waals surface area contributed by atoms with Crippen LogP contribution in [0, 0.1) is 5.92 Å². The first-order chi connectivity index (χ1) is 6.64. The predicted octanol–water partition coefficient (Wildman–Crippen LogP) is 1.29. The minimum absolute atomic E-state index is 0.0654. The van der Waals surface area contributed by atoms with E-state index in [1.165, 1.54) is 12.8 Å². The Morgan fingerprint density at radius 1 is 1.43 bits per heavy atom. The Hall–Kier alpha value is -0.120. The first kappa shape index (κ1) is 12.0. The van der Waals surface area contributed by atoms with E-state index >= 15 is 0 Å². The standard InChI is InChI=1S/C11H23NO2/c1-11(12,9-13)6-2-3-7-14-8-10-4-5-10/h10,13H,2-9,12H2,1H3. The smallest absolute Gasteiger partial charge is 0.0608 e. The fourth-order valence-electron chi connectivity index (χ4n) is 1.35. The van der Waals surface area contributed by atoms with Gasteiger partial charge < -0.3 is 15.6 Å². The SMILES string of the molecule is CC(N)(CO)CCCCOCC1CC1. The molecular formula is C11H23NO2. The molecule has 3 heteroatoms. The molecule has 0 aromatic rings. The van der Waals surface area contributed by atoms with Gasteiger partial charge in [0.25, 0.3) is 0 Å². The summed E-state index contributed by atoms with van der Waals surface area (Å²) in [5, 5.41) is 8.92. The van der Waals surface area contributed by atoms with Crippen LogP contribution in [0.5, 0.6) is 0 Å². The lowest BCUT2D eigenvalue weighted by Gasteiger charge is -2.21. The maximum Gasteiger partial charge on any atom is 0.0608 e. The highest BCUT2D eigenvalue weighted by Gasteiger charge is 2.21. The third-order valence-corrected chi connectivity index (χ3v) is 2.70. The fraction of sp³-hybridized carbons (Fsp3) is 1.00. The molecule has 1 fully saturated rings. The Balaban J connectivity index is 1.83. The lowest BCUT2D eigenvalue weighted by atomic mass is 9.97. The van der Waals surface area contributed by atoms with Crippen molar-refractivity contribution >= 4 is 0 Å². The molecule has 0 aromatic heterocycles. The van der Waals surface area contributed by atoms with Crippen molar-refractivity contribution in [3.8, 4) is 0 Å². The second-order valence-corrected chi connectivity index (χ2v) is 4.79. The Labute approximate surface area is 86.6 Å². The Morgan fingerprint density at radius 2 is 2.14 bits per heavy atom. The molecule has 0 aliphatic heterocycles. The van der Waals surface area contributed by atoms with E-state index in [9.17, 15) is 0 Å². The number of rotatable bonds is 8. The molecular weight excluding hydrogens is 178 g/mol. The quantitative estimate of drug-likeness (QED) is 0.582. The van der Waals surface area contributed by atoms with Crippen LogP contribution in [0.15, 0.2) is 0 Å². The highest BCUT2D eigenvalue weighted by Crippen LogP contribution is 2.28. The molecule has 1 aliphatic carbocycles. The molecule has 1 aliphatic rings. The Morgan fingerprint density at radius 3 is 2.71 bits per heavy atom. The number of hydrogen-bond donors (Lipinski definition) is 2. The first-order valence-electron chi connectivity index (χ1n) is 5.61. The summed E-state index contributed by atoms with van der Waals surface area (Å²) >= 11 is 0. The van der Waals surface area contributed by atoms with Crippen molar-refractivity contribution in [2.75, 3.05) is 19.8 Å². The van der Waals surface area contributed by atoms with Gasteiger partial charge in [-0.1, -0.05) is 0 Å². The van der Waals surface area contributed by atoms with E-state index in [-0.39, 0.29) is 6.61 Å². The van der Waals surface area contributed by atoms with Crippen molar-refractivity contribution in [1.29, 1.82) is 0 Å². The van der Waals surface area contributed by atoms with Crippen LogP contribution in [0.3, 0.4) is 0 Å². The topological polar surface area (TPSA) is 55.5 Å². The number of nitrogens with two attached hydrogens (primary N) is 1. The second-order valence-electron chi connectivity index (χ2n) is 4.79. The molecule has 84 valence electrons. The molecule has 1 atom stereocenters. The van der Waals surface area contributed by atoms with E-state index in [1.807, 2.05) is 6.92 Å². The number of aliphatic hydroxyl groups is 1. The summed E-state index contributed by atoms with van der Waals surface area (Å²) in [7, 11) is 0. The van der Waals surface area contributed by atoms with Crippen molar-refractivity contribution in [3.63, 3.8) is 0 Å². The lowest BCUT2D eigenvalue weighted by Crippen LogP contribution is -2.39. The van der Waals surface area contributed by atoms with Gasteiger partial charge in [-0.2, -0.15) is 0 Å². The molecule has 1 rings (SSSR count). The van der Waals surface area contributed by atoms with Gasteiger partial charge in [-0.3, -0.25) is 0 Å². The summed E-state index contributed by atoms with van der Waals surface area (Å²) in [5.74, 6) is 0.854. The summed E-state index contributed by atoms with van der Waals surface area (Å²) in [6.45, 7) is 3.74. The highest BCUT2D eigenvalue weighted by molar-refractivity contribution is 4.76. The highest BCUT2D eigenvalue weighted by atomic mass is 16.5. The van der Waals surface area contributed by atoms with Gasteiger partial charge in [-0.15, -0.1) is 0 Å². The van der Waals surface area contributed by atoms with Crippen LogP contribution in [-0.4, -0.2) is 30.5 Å². The van der Waals surface area contributed by atoms with Crippen LogP contribution in [0.4, 0.5) is 0 Å². The van der Waals surface area contributed by atoms with Crippen LogP contribution in [0.2, 0.25) is 0 Å². The van der Waals surface area contributed by atoms with Crippen molar-refractivity contribution < 1.29 is 9.84 Å². The molecule has 0 bridgehead atoms. The largest absolute Gasteiger partial charge is 0.394 e. The first-order valence-corrected chi connectivity index (χ1v) is 5.61. The van der Waals surface area contributed by atoms with Crippen LogP contribution in [0.25, 0.3) is 0 Å². The molecule has 0 radical (unpaired) electrons. The van der Waals surface area contributed by atoms with E-state index < -0.39 is 5.54 Å². The fourth-order valence-corrected chi connectivity index (χ4v) is 1.35. The van der Waals surface area contributed by atoms with Gasteiger partial charge in [-0.05, 0) is 44.9 Å². The third-order valence-electron chi connectivity index (χ3n) is 2.70. The third kappa shape index (κ3) is 5.58. The van der Waals surface area contributed by atoms with Gasteiger partial charge in [0.15, 0.2) is 0 Å². The monoisotopic (exact) mass is 201 g/mol. The van der Waals surface area contributed by atoms with Crippen molar-refractivity contribution in [2.45, 2.75) is 44.6 Å². The maximum atomic E-state index is 8.92. The summed E-state index contributed by atoms with van der Waals surface area (Å²) in [6, 6.07) is 0. The van der Waals surface area contributed by atoms with E-state index in [2.05, 4.69) is 0 Å². The van der Waals surface area contributed by atoms with Gasteiger partial charge in [0, 0.05) is 18.8 Å². The van der Waals surface area contributed by atoms with Crippen LogP contribution in [-0.2, 0) is 4.74 Å². The molecule has 0 saturated heterocycles. The van der Waals surface area contributed by atoms with Crippen molar-refractivity contribution in [2.24, 2.45) is 11.7 Å². The zero-order chi connectivity index (χ0) is 10.4. The summed E-state index contributed by atoms with van der Waals surface area (Å²) in [6.07, 6.45) is 5.67. The molecule has 3 nitrogen and oxygen atoms in total. The van der Waals surface area contributed by atoms with Crippen LogP contribution >= 0.6 is 0 Å². The summed E-state index contributed by atoms with van der Waals surface area (Å²) in [4.78, 5) is 0. The van der Waals surface area contributed by atoms with Gasteiger partial charge >= 0.3 is 0 Å². The number of ether oxygens (including phenoxy) is 1. The van der Waals surface area contributed by atoms with Crippen molar-refractivity contribution in [3.05, 3.63) is 0 Å². The van der Waals surface area contributed by atoms with E-state index in [1.54, 1.807) is 0 Å². The van der Waals surface area contributed by atoms with E-state index in [4.69, 9.17) is 15.6 Å². The zero-order valence-electron chi connectivity index (χ0n) is 9.17. The Bertz CT molecular complexity index is 155. The van der Waals surface area contributed by atoms with Gasteiger partial charge in [0.05, 0.1) is 6.61 Å². The predicted molar refractivity (Wildman–Crippen MR) is 57.1 cm³/mol. The molecule has 1 unspecified atom stereocenters. The molecule has 0 aromatic carbocycles. The molecule has 0 spiro atoms. The van der Waals surface area contributed by atoms with Gasteiger partial charge in [-0.25, -0.2) is 0 Å². The average molecular weight is 201 g/mol. The summed E-state index contributed by atoms with van der Waals surface area (Å²) in [5.41, 5.74) is 5.39. The molecule has 3 N–H and O–H groups in total. The molecule has 0 amide bonds. The minimum Gasteiger partial charge on any atom is -0.394 e. The van der Waals surface area contributed by atoms with Crippen LogP contribution in [0.1, 0.15) is 39.0 Å². The number of aliphatic hydroxyl groups excluding tert-OH is 1. The number of unbranched alkanes of at least 4 members (excludes halogenated alkanes) is 1. The molecule has 1 saturated carbocycles. The van der Waals surface area contributed by atoms with Crippen LogP contribution < -0.4 is 5.73 Å². The normalized spacial score (nSPS) is 20.8. The van der Waals surface area contributed by atoms with E-state index in [0.717, 1.165) is 38.4 Å². The Kier molecular flexibility index (Phi) is 4.85.